The van der Waals surface area contributed by atoms with Gasteiger partial charge in [0.05, 0.1) is 11.4 Å². The van der Waals surface area contributed by atoms with Crippen LogP contribution < -0.4 is 11.7 Å². The molecule has 0 bridgehead atoms. The molecule has 0 fully saturated rings. The van der Waals surface area contributed by atoms with Gasteiger partial charge >= 0.3 is 0 Å². The molecule has 0 aromatic heterocycles. The van der Waals surface area contributed by atoms with Gasteiger partial charge in [-0.15, -0.1) is 0 Å². The highest BCUT2D eigenvalue weighted by atomic mass is 15.2. The predicted octanol–water partition coefficient (Wildman–Crippen LogP) is 2.00. The molecule has 0 aromatic rings. The molecule has 4 N–H and O–H groups in total. The number of hydrazone groups is 2. The Kier molecular flexibility index (Phi) is 7.89. The third kappa shape index (κ3) is 4.84. The minimum atomic E-state index is 0.864. The molecule has 0 atom stereocenters. The first kappa shape index (κ1) is 12.9. The fourth-order valence-electron chi connectivity index (χ4n) is 1.26. The third-order valence-electron chi connectivity index (χ3n) is 2.18. The molecule has 0 amide bonds. The quantitative estimate of drug-likeness (QED) is 0.373. The first-order chi connectivity index (χ1) is 6.79. The van der Waals surface area contributed by atoms with Crippen molar-refractivity contribution in [3.8, 4) is 0 Å². The van der Waals surface area contributed by atoms with E-state index in [0.717, 1.165) is 49.9 Å². The van der Waals surface area contributed by atoms with Gasteiger partial charge in [0.1, 0.15) is 0 Å². The van der Waals surface area contributed by atoms with Crippen LogP contribution in [-0.4, -0.2) is 11.4 Å². The highest BCUT2D eigenvalue weighted by molar-refractivity contribution is 6.42. The second-order valence-corrected chi connectivity index (χ2v) is 3.36. The summed E-state index contributed by atoms with van der Waals surface area (Å²) in [6.45, 7) is 4.28. The summed E-state index contributed by atoms with van der Waals surface area (Å²) in [5, 5.41) is 7.51. The normalized spacial score (nSPS) is 13.3. The smallest absolute Gasteiger partial charge is 0.0832 e. The number of hydrogen-bond acceptors (Lipinski definition) is 4. The van der Waals surface area contributed by atoms with Crippen molar-refractivity contribution in [3.63, 3.8) is 0 Å². The first-order valence-corrected chi connectivity index (χ1v) is 5.33. The van der Waals surface area contributed by atoms with Crippen LogP contribution >= 0.6 is 0 Å². The zero-order valence-electron chi connectivity index (χ0n) is 9.29. The van der Waals surface area contributed by atoms with Gasteiger partial charge in [-0.1, -0.05) is 26.7 Å². The average Bonchev–Trinajstić information content (AvgIpc) is 2.23. The van der Waals surface area contributed by atoms with E-state index in [1.165, 1.54) is 0 Å². The summed E-state index contributed by atoms with van der Waals surface area (Å²) in [5.41, 5.74) is 1.73. The molecule has 4 heteroatoms. The van der Waals surface area contributed by atoms with Crippen LogP contribution in [-0.2, 0) is 0 Å². The topological polar surface area (TPSA) is 76.8 Å². The molecular weight excluding hydrogens is 176 g/mol. The van der Waals surface area contributed by atoms with Crippen molar-refractivity contribution in [2.24, 2.45) is 21.9 Å². The second-order valence-electron chi connectivity index (χ2n) is 3.36. The number of nitrogens with zero attached hydrogens (tertiary/aromatic N) is 2. The van der Waals surface area contributed by atoms with Crippen molar-refractivity contribution in [3.05, 3.63) is 0 Å². The van der Waals surface area contributed by atoms with Crippen LogP contribution in [0.4, 0.5) is 0 Å². The Balaban J connectivity index is 4.18. The van der Waals surface area contributed by atoms with Crippen LogP contribution in [0.3, 0.4) is 0 Å². The Hall–Kier alpha value is -1.06. The zero-order chi connectivity index (χ0) is 10.8. The molecule has 14 heavy (non-hydrogen) atoms. The van der Waals surface area contributed by atoms with Gasteiger partial charge < -0.3 is 11.7 Å². The van der Waals surface area contributed by atoms with E-state index in [2.05, 4.69) is 24.1 Å². The van der Waals surface area contributed by atoms with Crippen LogP contribution in [0, 0.1) is 0 Å². The Morgan fingerprint density at radius 1 is 0.857 bits per heavy atom. The molecule has 0 aromatic carbocycles. The number of nitrogens with two attached hydrogens (primary N) is 2. The monoisotopic (exact) mass is 198 g/mol. The van der Waals surface area contributed by atoms with Crippen LogP contribution in [0.15, 0.2) is 10.2 Å². The summed E-state index contributed by atoms with van der Waals surface area (Å²) in [6.07, 6.45) is 6.19. The average molecular weight is 198 g/mol. The first-order valence-electron chi connectivity index (χ1n) is 5.33. The predicted molar refractivity (Wildman–Crippen MR) is 62.3 cm³/mol. The molecule has 0 radical (unpaired) electrons. The SMILES string of the molecule is CCCCC(=NN)C(CCCC)=NN. The fourth-order valence-corrected chi connectivity index (χ4v) is 1.26. The van der Waals surface area contributed by atoms with Crippen molar-refractivity contribution in [2.75, 3.05) is 0 Å². The van der Waals surface area contributed by atoms with E-state index in [9.17, 15) is 0 Å². The lowest BCUT2D eigenvalue weighted by Crippen LogP contribution is -2.18. The van der Waals surface area contributed by atoms with Crippen molar-refractivity contribution in [2.45, 2.75) is 52.4 Å². The maximum absolute atomic E-state index is 5.31. The van der Waals surface area contributed by atoms with Crippen LogP contribution in [0.1, 0.15) is 52.4 Å². The molecule has 0 aliphatic carbocycles. The fraction of sp³-hybridized carbons (Fsp3) is 0.800. The Labute approximate surface area is 86.4 Å². The minimum Gasteiger partial charge on any atom is -0.323 e. The molecule has 0 aliphatic heterocycles. The highest BCUT2D eigenvalue weighted by Gasteiger charge is 2.07. The summed E-state index contributed by atoms with van der Waals surface area (Å²) in [5.74, 6) is 10.6. The number of unbranched alkanes of at least 4 members (excludes halogenated alkanes) is 2. The van der Waals surface area contributed by atoms with Crippen molar-refractivity contribution >= 4 is 11.4 Å². The Bertz CT molecular complexity index is 174. The van der Waals surface area contributed by atoms with Crippen molar-refractivity contribution in [1.82, 2.24) is 0 Å². The van der Waals surface area contributed by atoms with Crippen LogP contribution in [0.25, 0.3) is 0 Å². The molecule has 0 saturated carbocycles. The van der Waals surface area contributed by atoms with Gasteiger partial charge in [-0.25, -0.2) is 0 Å². The zero-order valence-corrected chi connectivity index (χ0v) is 9.29. The molecule has 0 rings (SSSR count). The molecule has 0 unspecified atom stereocenters. The molecule has 0 heterocycles. The van der Waals surface area contributed by atoms with Gasteiger partial charge in [0.25, 0.3) is 0 Å². The highest BCUT2D eigenvalue weighted by Crippen LogP contribution is 2.04. The van der Waals surface area contributed by atoms with E-state index >= 15 is 0 Å². The molecular formula is C10H22N4. The van der Waals surface area contributed by atoms with E-state index in [0.29, 0.717) is 0 Å². The number of rotatable bonds is 7. The molecule has 82 valence electrons. The lowest BCUT2D eigenvalue weighted by Gasteiger charge is -2.06. The Morgan fingerprint density at radius 3 is 1.43 bits per heavy atom. The van der Waals surface area contributed by atoms with E-state index in [4.69, 9.17) is 11.7 Å². The Morgan fingerprint density at radius 2 is 1.21 bits per heavy atom. The van der Waals surface area contributed by atoms with E-state index < -0.39 is 0 Å². The van der Waals surface area contributed by atoms with E-state index in [1.54, 1.807) is 0 Å². The van der Waals surface area contributed by atoms with Crippen LogP contribution in [0.2, 0.25) is 0 Å². The van der Waals surface area contributed by atoms with Gasteiger partial charge in [0.2, 0.25) is 0 Å². The third-order valence-corrected chi connectivity index (χ3v) is 2.18. The maximum atomic E-state index is 5.31. The molecule has 0 spiro atoms. The largest absolute Gasteiger partial charge is 0.323 e. The van der Waals surface area contributed by atoms with Gasteiger partial charge in [0.15, 0.2) is 0 Å². The van der Waals surface area contributed by atoms with Gasteiger partial charge in [-0.3, -0.25) is 0 Å². The van der Waals surface area contributed by atoms with Crippen molar-refractivity contribution < 1.29 is 0 Å². The van der Waals surface area contributed by atoms with Gasteiger partial charge in [-0.2, -0.15) is 10.2 Å². The van der Waals surface area contributed by atoms with Crippen molar-refractivity contribution in [1.29, 1.82) is 0 Å². The lowest BCUT2D eigenvalue weighted by atomic mass is 10.0. The minimum absolute atomic E-state index is 0.864. The van der Waals surface area contributed by atoms with Gasteiger partial charge in [0, 0.05) is 0 Å². The lowest BCUT2D eigenvalue weighted by molar-refractivity contribution is 0.820. The molecule has 4 nitrogen and oxygen atoms in total. The van der Waals surface area contributed by atoms with E-state index in [-0.39, 0.29) is 0 Å². The number of hydrogen-bond donors (Lipinski definition) is 2. The van der Waals surface area contributed by atoms with Gasteiger partial charge in [-0.05, 0) is 25.7 Å². The summed E-state index contributed by atoms with van der Waals surface area (Å²) >= 11 is 0. The standard InChI is InChI=1S/C10H22N4/c1-3-5-7-9(13-11)10(14-12)8-6-4-2/h3-8,11-12H2,1-2H3. The maximum Gasteiger partial charge on any atom is 0.0832 e. The summed E-state index contributed by atoms with van der Waals surface area (Å²) in [6, 6.07) is 0. The second kappa shape index (κ2) is 8.53. The molecule has 0 saturated heterocycles. The van der Waals surface area contributed by atoms with E-state index in [1.807, 2.05) is 0 Å². The summed E-state index contributed by atoms with van der Waals surface area (Å²) in [4.78, 5) is 0. The summed E-state index contributed by atoms with van der Waals surface area (Å²) in [7, 11) is 0. The van der Waals surface area contributed by atoms with Crippen LogP contribution in [0.5, 0.6) is 0 Å². The molecule has 0 aliphatic rings. The summed E-state index contributed by atoms with van der Waals surface area (Å²) < 4.78 is 0.